The van der Waals surface area contributed by atoms with Gasteiger partial charge < -0.3 is 24.8 Å². The normalized spacial score (nSPS) is 15.6. The Balaban J connectivity index is 1.21. The molecule has 1 aliphatic carbocycles. The van der Waals surface area contributed by atoms with E-state index >= 15 is 0 Å². The second-order valence-corrected chi connectivity index (χ2v) is 12.6. The molecular weight excluding hydrogens is 582 g/mol. The van der Waals surface area contributed by atoms with Crippen LogP contribution in [0.4, 0.5) is 16.2 Å². The Morgan fingerprint density at radius 3 is 2.20 bits per heavy atom. The van der Waals surface area contributed by atoms with E-state index in [0.717, 1.165) is 27.8 Å². The Bertz CT molecular complexity index is 1730. The number of nitrogens with zero attached hydrogens (tertiary/aromatic N) is 1. The van der Waals surface area contributed by atoms with Crippen molar-refractivity contribution in [3.05, 3.63) is 113 Å². The van der Waals surface area contributed by atoms with Gasteiger partial charge in [0.05, 0.1) is 11.4 Å². The minimum Gasteiger partial charge on any atom is -0.488 e. The van der Waals surface area contributed by atoms with Crippen molar-refractivity contribution >= 4 is 29.3 Å². The first-order valence-electron chi connectivity index (χ1n) is 15.3. The van der Waals surface area contributed by atoms with Crippen LogP contribution in [0.15, 0.2) is 91.0 Å². The topological polar surface area (TPSA) is 117 Å². The van der Waals surface area contributed by atoms with Crippen molar-refractivity contribution in [2.45, 2.75) is 51.3 Å². The van der Waals surface area contributed by atoms with Gasteiger partial charge in [-0.25, -0.2) is 4.79 Å². The SMILES string of the molecule is CC(C)(C)Oc1ccc(C[C@@H]2Nc3c(cccc3NC(=O)OCC3c4ccccc4-c4ccccc43)CN(CC(=O)O)C2=O)cc1. The molecule has 2 aliphatic rings. The van der Waals surface area contributed by atoms with E-state index in [4.69, 9.17) is 9.47 Å². The number of ether oxygens (including phenoxy) is 2. The van der Waals surface area contributed by atoms with E-state index in [2.05, 4.69) is 34.9 Å². The molecule has 0 radical (unpaired) electrons. The average Bonchev–Trinajstić information content (AvgIpc) is 3.27. The summed E-state index contributed by atoms with van der Waals surface area (Å²) in [5.41, 5.74) is 6.71. The van der Waals surface area contributed by atoms with Crippen LogP contribution in [-0.4, -0.2) is 52.8 Å². The summed E-state index contributed by atoms with van der Waals surface area (Å²) in [5.74, 6) is -0.826. The number of amides is 2. The summed E-state index contributed by atoms with van der Waals surface area (Å²) in [6, 6.07) is 28.3. The van der Waals surface area contributed by atoms with Crippen LogP contribution >= 0.6 is 0 Å². The van der Waals surface area contributed by atoms with Crippen LogP contribution in [0, 0.1) is 0 Å². The number of carboxylic acids is 1. The first-order valence-corrected chi connectivity index (χ1v) is 15.3. The number of benzene rings is 4. The van der Waals surface area contributed by atoms with Gasteiger partial charge in [-0.2, -0.15) is 0 Å². The molecule has 0 fully saturated rings. The smallest absolute Gasteiger partial charge is 0.411 e. The van der Waals surface area contributed by atoms with E-state index in [1.165, 1.54) is 4.90 Å². The highest BCUT2D eigenvalue weighted by Crippen LogP contribution is 2.44. The predicted octanol–water partition coefficient (Wildman–Crippen LogP) is 6.67. The summed E-state index contributed by atoms with van der Waals surface area (Å²) in [6.45, 7) is 5.69. The second kappa shape index (κ2) is 12.6. The fourth-order valence-corrected chi connectivity index (χ4v) is 6.21. The summed E-state index contributed by atoms with van der Waals surface area (Å²) in [4.78, 5) is 39.9. The summed E-state index contributed by atoms with van der Waals surface area (Å²) in [6.07, 6.45) is -0.329. The van der Waals surface area contributed by atoms with Gasteiger partial charge in [0.25, 0.3) is 0 Å². The van der Waals surface area contributed by atoms with Gasteiger partial charge in [0.1, 0.15) is 30.5 Å². The number of aliphatic carboxylic acids is 1. The third-order valence-electron chi connectivity index (χ3n) is 8.13. The zero-order chi connectivity index (χ0) is 32.4. The molecule has 1 atom stereocenters. The number of rotatable bonds is 8. The maximum atomic E-state index is 13.7. The van der Waals surface area contributed by atoms with Gasteiger partial charge >= 0.3 is 12.1 Å². The van der Waals surface area contributed by atoms with E-state index in [0.29, 0.717) is 29.1 Å². The van der Waals surface area contributed by atoms with Crippen LogP contribution in [0.2, 0.25) is 0 Å². The molecule has 2 amide bonds. The van der Waals surface area contributed by atoms with E-state index in [9.17, 15) is 19.5 Å². The predicted molar refractivity (Wildman–Crippen MR) is 176 cm³/mol. The molecule has 9 nitrogen and oxygen atoms in total. The molecule has 0 unspecified atom stereocenters. The van der Waals surface area contributed by atoms with E-state index in [1.54, 1.807) is 12.1 Å². The first-order chi connectivity index (χ1) is 22.1. The van der Waals surface area contributed by atoms with Crippen molar-refractivity contribution in [3.8, 4) is 16.9 Å². The highest BCUT2D eigenvalue weighted by Gasteiger charge is 2.33. The lowest BCUT2D eigenvalue weighted by Crippen LogP contribution is -2.43. The molecule has 1 heterocycles. The quantitative estimate of drug-likeness (QED) is 0.202. The Labute approximate surface area is 268 Å². The lowest BCUT2D eigenvalue weighted by molar-refractivity contribution is -0.145. The lowest BCUT2D eigenvalue weighted by atomic mass is 9.98. The van der Waals surface area contributed by atoms with Crippen LogP contribution < -0.4 is 15.4 Å². The number of hydrogen-bond donors (Lipinski definition) is 3. The molecule has 46 heavy (non-hydrogen) atoms. The summed E-state index contributed by atoms with van der Waals surface area (Å²) in [5, 5.41) is 15.8. The van der Waals surface area contributed by atoms with Gasteiger partial charge in [-0.1, -0.05) is 72.8 Å². The molecule has 0 aromatic heterocycles. The van der Waals surface area contributed by atoms with Crippen molar-refractivity contribution < 1.29 is 29.0 Å². The zero-order valence-electron chi connectivity index (χ0n) is 26.1. The van der Waals surface area contributed by atoms with Crippen molar-refractivity contribution in [3.63, 3.8) is 0 Å². The summed E-state index contributed by atoms with van der Waals surface area (Å²) in [7, 11) is 0. The summed E-state index contributed by atoms with van der Waals surface area (Å²) < 4.78 is 11.7. The molecule has 1 aliphatic heterocycles. The number of fused-ring (bicyclic) bond motifs is 4. The van der Waals surface area contributed by atoms with Crippen molar-refractivity contribution in [2.75, 3.05) is 23.8 Å². The minimum absolute atomic E-state index is 0.0720. The maximum Gasteiger partial charge on any atom is 0.411 e. The molecule has 4 aromatic carbocycles. The van der Waals surface area contributed by atoms with Gasteiger partial charge in [-0.3, -0.25) is 14.9 Å². The van der Waals surface area contributed by atoms with E-state index in [1.807, 2.05) is 75.4 Å². The molecule has 6 rings (SSSR count). The highest BCUT2D eigenvalue weighted by molar-refractivity contribution is 5.95. The number of carbonyl (C=O) groups excluding carboxylic acids is 2. The van der Waals surface area contributed by atoms with Crippen LogP contribution in [-0.2, 0) is 27.3 Å². The standard InChI is InChI=1S/C37H37N3O6/c1-37(2,3)46-25-17-15-23(16-18-25)19-32-35(43)40(21-33(41)42)20-24-9-8-14-31(34(24)38-32)39-36(44)45-22-30-28-12-6-4-10-26(28)27-11-5-7-13-29(27)30/h4-18,30,32,38H,19-22H2,1-3H3,(H,39,44)(H,41,42)/t32-/m0/s1. The Kier molecular flexibility index (Phi) is 8.41. The van der Waals surface area contributed by atoms with Gasteiger partial charge in [-0.05, 0) is 72.4 Å². The third kappa shape index (κ3) is 6.68. The lowest BCUT2D eigenvalue weighted by Gasteiger charge is -2.24. The first kappa shape index (κ1) is 30.7. The molecule has 0 bridgehead atoms. The number of carbonyl (C=O) groups is 3. The maximum absolute atomic E-state index is 13.7. The average molecular weight is 620 g/mol. The molecule has 9 heteroatoms. The van der Waals surface area contributed by atoms with Gasteiger partial charge in [0, 0.05) is 18.9 Å². The van der Waals surface area contributed by atoms with Crippen LogP contribution in [0.1, 0.15) is 48.9 Å². The number of para-hydroxylation sites is 1. The van der Waals surface area contributed by atoms with Gasteiger partial charge in [0.15, 0.2) is 0 Å². The van der Waals surface area contributed by atoms with E-state index in [-0.39, 0.29) is 30.6 Å². The zero-order valence-corrected chi connectivity index (χ0v) is 26.1. The van der Waals surface area contributed by atoms with Crippen LogP contribution in [0.25, 0.3) is 11.1 Å². The summed E-state index contributed by atoms with van der Waals surface area (Å²) >= 11 is 0. The fourth-order valence-electron chi connectivity index (χ4n) is 6.21. The number of hydrogen-bond acceptors (Lipinski definition) is 6. The number of carboxylic acid groups (broad SMARTS) is 1. The molecule has 4 aromatic rings. The third-order valence-corrected chi connectivity index (χ3v) is 8.13. The monoisotopic (exact) mass is 619 g/mol. The molecule has 0 spiro atoms. The van der Waals surface area contributed by atoms with Crippen molar-refractivity contribution in [2.24, 2.45) is 0 Å². The van der Waals surface area contributed by atoms with Gasteiger partial charge in [-0.15, -0.1) is 0 Å². The molecular formula is C37H37N3O6. The van der Waals surface area contributed by atoms with E-state index < -0.39 is 24.6 Å². The number of anilines is 2. The van der Waals surface area contributed by atoms with Gasteiger partial charge in [0.2, 0.25) is 5.91 Å². The number of nitrogens with one attached hydrogen (secondary N) is 2. The molecule has 3 N–H and O–H groups in total. The van der Waals surface area contributed by atoms with Crippen molar-refractivity contribution in [1.82, 2.24) is 4.90 Å². The Morgan fingerprint density at radius 1 is 0.913 bits per heavy atom. The minimum atomic E-state index is -1.10. The second-order valence-electron chi connectivity index (χ2n) is 12.6. The largest absolute Gasteiger partial charge is 0.488 e. The van der Waals surface area contributed by atoms with Crippen molar-refractivity contribution in [1.29, 1.82) is 0 Å². The molecule has 0 saturated carbocycles. The molecule has 0 saturated heterocycles. The molecule has 236 valence electrons. The Morgan fingerprint density at radius 2 is 1.57 bits per heavy atom. The van der Waals surface area contributed by atoms with Crippen LogP contribution in [0.5, 0.6) is 5.75 Å². The fraction of sp³-hybridized carbons (Fsp3) is 0.270. The van der Waals surface area contributed by atoms with Crippen LogP contribution in [0.3, 0.4) is 0 Å². The highest BCUT2D eigenvalue weighted by atomic mass is 16.5. The Hall–Kier alpha value is -5.31.